The molecule has 8 heteroatoms. The molecule has 1 N–H and O–H groups in total. The topological polar surface area (TPSA) is 78.4 Å². The van der Waals surface area contributed by atoms with E-state index in [1.54, 1.807) is 23.2 Å². The van der Waals surface area contributed by atoms with Gasteiger partial charge in [-0.25, -0.2) is 13.4 Å². The molecule has 0 unspecified atom stereocenters. The van der Waals surface area contributed by atoms with Crippen molar-refractivity contribution >= 4 is 38.2 Å². The Morgan fingerprint density at radius 3 is 2.45 bits per heavy atom. The summed E-state index contributed by atoms with van der Waals surface area (Å²) in [7, 11) is -0.0820. The van der Waals surface area contributed by atoms with E-state index in [0.717, 1.165) is 36.7 Å². The first-order valence-corrected chi connectivity index (χ1v) is 11.2. The van der Waals surface area contributed by atoms with Crippen LogP contribution in [0.4, 0.5) is 17.5 Å². The lowest BCUT2D eigenvalue weighted by Gasteiger charge is -2.28. The van der Waals surface area contributed by atoms with Crippen molar-refractivity contribution in [2.75, 3.05) is 41.7 Å². The van der Waals surface area contributed by atoms with Crippen molar-refractivity contribution in [3.05, 3.63) is 48.7 Å². The first-order valence-electron chi connectivity index (χ1n) is 9.75. The molecule has 0 aliphatic carbocycles. The van der Waals surface area contributed by atoms with Crippen LogP contribution in [0, 0.1) is 0 Å². The van der Waals surface area contributed by atoms with Gasteiger partial charge in [-0.1, -0.05) is 30.3 Å². The number of benzene rings is 2. The van der Waals surface area contributed by atoms with E-state index in [1.807, 2.05) is 44.4 Å². The van der Waals surface area contributed by atoms with Crippen molar-refractivity contribution < 1.29 is 8.42 Å². The normalized spacial score (nSPS) is 14.8. The Kier molecular flexibility index (Phi) is 5.27. The van der Waals surface area contributed by atoms with Crippen molar-refractivity contribution in [1.82, 2.24) is 9.97 Å². The van der Waals surface area contributed by atoms with E-state index in [4.69, 9.17) is 0 Å². The van der Waals surface area contributed by atoms with E-state index in [9.17, 15) is 8.42 Å². The number of aromatic nitrogens is 2. The van der Waals surface area contributed by atoms with Crippen LogP contribution >= 0.6 is 0 Å². The second-order valence-electron chi connectivity index (χ2n) is 7.46. The second kappa shape index (κ2) is 7.87. The monoisotopic (exact) mass is 411 g/mol. The summed E-state index contributed by atoms with van der Waals surface area (Å²) in [5.74, 6) is 1.19. The summed E-state index contributed by atoms with van der Waals surface area (Å²) in [6.07, 6.45) is 5.03. The zero-order valence-electron chi connectivity index (χ0n) is 16.7. The molecule has 0 amide bonds. The van der Waals surface area contributed by atoms with Gasteiger partial charge in [0.25, 0.3) is 10.0 Å². The van der Waals surface area contributed by atoms with E-state index in [2.05, 4.69) is 19.6 Å². The van der Waals surface area contributed by atoms with Gasteiger partial charge in [-0.3, -0.25) is 4.72 Å². The average Bonchev–Trinajstić information content (AvgIpc) is 2.74. The first-order chi connectivity index (χ1) is 13.9. The summed E-state index contributed by atoms with van der Waals surface area (Å²) in [6, 6.07) is 12.8. The van der Waals surface area contributed by atoms with E-state index < -0.39 is 10.0 Å². The molecule has 3 aromatic rings. The minimum Gasteiger partial charge on any atom is -0.361 e. The Labute approximate surface area is 171 Å². The molecule has 1 saturated heterocycles. The van der Waals surface area contributed by atoms with Crippen LogP contribution in [-0.2, 0) is 10.0 Å². The lowest BCUT2D eigenvalue weighted by atomic mass is 10.1. The Hall–Kier alpha value is -2.87. The standard InChI is InChI=1S/C21H25N5O2S/c1-25(2)20-19(15-22-21(23-20)26-12-6-3-7-13-26)24-29(27,28)18-11-10-16-8-4-5-9-17(16)14-18/h4-5,8-11,14-15,24H,3,6-7,12-13H2,1-2H3. The number of rotatable bonds is 5. The average molecular weight is 412 g/mol. The smallest absolute Gasteiger partial charge is 0.262 e. The number of anilines is 3. The van der Waals surface area contributed by atoms with Gasteiger partial charge in [-0.15, -0.1) is 0 Å². The van der Waals surface area contributed by atoms with E-state index >= 15 is 0 Å². The van der Waals surface area contributed by atoms with Gasteiger partial charge in [0.1, 0.15) is 5.69 Å². The number of hydrogen-bond acceptors (Lipinski definition) is 6. The zero-order valence-corrected chi connectivity index (χ0v) is 17.5. The summed E-state index contributed by atoms with van der Waals surface area (Å²) in [5.41, 5.74) is 0.365. The number of piperidine rings is 1. The largest absolute Gasteiger partial charge is 0.361 e. The third-order valence-electron chi connectivity index (χ3n) is 5.09. The fourth-order valence-corrected chi connectivity index (χ4v) is 4.64. The van der Waals surface area contributed by atoms with Crippen LogP contribution in [0.15, 0.2) is 53.6 Å². The lowest BCUT2D eigenvalue weighted by molar-refractivity contribution is 0.568. The quantitative estimate of drug-likeness (QED) is 0.692. The number of hydrogen-bond donors (Lipinski definition) is 1. The molecule has 29 heavy (non-hydrogen) atoms. The minimum absolute atomic E-state index is 0.209. The van der Waals surface area contributed by atoms with E-state index in [-0.39, 0.29) is 4.90 Å². The predicted molar refractivity (Wildman–Crippen MR) is 117 cm³/mol. The van der Waals surface area contributed by atoms with Gasteiger partial charge >= 0.3 is 0 Å². The minimum atomic E-state index is -3.77. The fraction of sp³-hybridized carbons (Fsp3) is 0.333. The molecular weight excluding hydrogens is 386 g/mol. The molecule has 0 atom stereocenters. The Morgan fingerprint density at radius 1 is 1.00 bits per heavy atom. The van der Waals surface area contributed by atoms with Gasteiger partial charge in [0.05, 0.1) is 11.1 Å². The van der Waals surface area contributed by atoms with Gasteiger partial charge in [0, 0.05) is 27.2 Å². The molecule has 0 spiro atoms. The van der Waals surface area contributed by atoms with Crippen LogP contribution in [-0.4, -0.2) is 45.6 Å². The van der Waals surface area contributed by atoms with Crippen molar-refractivity contribution in [1.29, 1.82) is 0 Å². The maximum Gasteiger partial charge on any atom is 0.262 e. The number of fused-ring (bicyclic) bond motifs is 1. The molecule has 1 fully saturated rings. The SMILES string of the molecule is CN(C)c1nc(N2CCCCC2)ncc1NS(=O)(=O)c1ccc2ccccc2c1. The summed E-state index contributed by atoms with van der Waals surface area (Å²) >= 11 is 0. The van der Waals surface area contributed by atoms with E-state index in [0.29, 0.717) is 17.5 Å². The molecule has 7 nitrogen and oxygen atoms in total. The highest BCUT2D eigenvalue weighted by Gasteiger charge is 2.21. The molecule has 2 heterocycles. The molecule has 0 radical (unpaired) electrons. The molecule has 2 aromatic carbocycles. The summed E-state index contributed by atoms with van der Waals surface area (Å²) in [5, 5.41) is 1.87. The fourth-order valence-electron chi connectivity index (χ4n) is 3.56. The summed E-state index contributed by atoms with van der Waals surface area (Å²) in [4.78, 5) is 13.2. The molecule has 1 aliphatic heterocycles. The van der Waals surface area contributed by atoms with Crippen LogP contribution < -0.4 is 14.5 Å². The maximum atomic E-state index is 13.0. The number of sulfonamides is 1. The second-order valence-corrected chi connectivity index (χ2v) is 9.15. The number of nitrogens with zero attached hydrogens (tertiary/aromatic N) is 4. The third-order valence-corrected chi connectivity index (χ3v) is 6.46. The summed E-state index contributed by atoms with van der Waals surface area (Å²) in [6.45, 7) is 1.85. The molecule has 1 aromatic heterocycles. The third kappa shape index (κ3) is 4.12. The Morgan fingerprint density at radius 2 is 1.72 bits per heavy atom. The first kappa shape index (κ1) is 19.4. The maximum absolute atomic E-state index is 13.0. The van der Waals surface area contributed by atoms with Crippen LogP contribution in [0.5, 0.6) is 0 Å². The molecule has 152 valence electrons. The highest BCUT2D eigenvalue weighted by atomic mass is 32.2. The molecule has 0 saturated carbocycles. The zero-order chi connectivity index (χ0) is 20.4. The van der Waals surface area contributed by atoms with Gasteiger partial charge in [0.15, 0.2) is 5.82 Å². The van der Waals surface area contributed by atoms with Gasteiger partial charge < -0.3 is 9.80 Å². The molecule has 0 bridgehead atoms. The summed E-state index contributed by atoms with van der Waals surface area (Å²) < 4.78 is 28.7. The Balaban J connectivity index is 1.66. The van der Waals surface area contributed by atoms with Crippen LogP contribution in [0.3, 0.4) is 0 Å². The van der Waals surface area contributed by atoms with Crippen molar-refractivity contribution in [3.8, 4) is 0 Å². The van der Waals surface area contributed by atoms with Gasteiger partial charge in [0.2, 0.25) is 5.95 Å². The van der Waals surface area contributed by atoms with Crippen LogP contribution in [0.2, 0.25) is 0 Å². The van der Waals surface area contributed by atoms with Crippen molar-refractivity contribution in [2.24, 2.45) is 0 Å². The van der Waals surface area contributed by atoms with Gasteiger partial charge in [-0.2, -0.15) is 4.98 Å². The highest BCUT2D eigenvalue weighted by molar-refractivity contribution is 7.92. The lowest BCUT2D eigenvalue weighted by Crippen LogP contribution is -2.31. The molecular formula is C21H25N5O2S. The van der Waals surface area contributed by atoms with E-state index in [1.165, 1.54) is 6.42 Å². The predicted octanol–water partition coefficient (Wildman–Crippen LogP) is 3.49. The van der Waals surface area contributed by atoms with Crippen molar-refractivity contribution in [3.63, 3.8) is 0 Å². The van der Waals surface area contributed by atoms with Crippen molar-refractivity contribution in [2.45, 2.75) is 24.2 Å². The molecule has 4 rings (SSSR count). The molecule has 1 aliphatic rings. The number of nitrogens with one attached hydrogen (secondary N) is 1. The highest BCUT2D eigenvalue weighted by Crippen LogP contribution is 2.28. The van der Waals surface area contributed by atoms with Gasteiger partial charge in [-0.05, 0) is 42.2 Å². The van der Waals surface area contributed by atoms with Crippen LogP contribution in [0.25, 0.3) is 10.8 Å². The Bertz CT molecular complexity index is 1120. The van der Waals surface area contributed by atoms with Crippen LogP contribution in [0.1, 0.15) is 19.3 Å².